The van der Waals surface area contributed by atoms with E-state index in [2.05, 4.69) is 11.9 Å². The molecule has 3 heterocycles. The van der Waals surface area contributed by atoms with E-state index in [-0.39, 0.29) is 29.1 Å². The monoisotopic (exact) mass is 359 g/mol. The number of carbonyl (C=O) groups excluding carboxylic acids is 2. The minimum atomic E-state index is -1.15. The maximum atomic E-state index is 12.7. The molecule has 2 saturated heterocycles. The lowest BCUT2D eigenvalue weighted by molar-refractivity contribution is -0.138. The van der Waals surface area contributed by atoms with Crippen LogP contribution < -0.4 is 0 Å². The Hall–Kier alpha value is -2.44. The molecule has 0 aromatic carbocycles. The van der Waals surface area contributed by atoms with Crippen molar-refractivity contribution >= 4 is 17.8 Å². The summed E-state index contributed by atoms with van der Waals surface area (Å²) in [6.07, 6.45) is 3.42. The van der Waals surface area contributed by atoms with Crippen LogP contribution in [-0.4, -0.2) is 63.9 Å². The molecule has 2 aliphatic heterocycles. The summed E-state index contributed by atoms with van der Waals surface area (Å²) in [5, 5.41) is 9.01. The quantitative estimate of drug-likeness (QED) is 0.890. The van der Waals surface area contributed by atoms with Crippen molar-refractivity contribution in [3.63, 3.8) is 0 Å². The van der Waals surface area contributed by atoms with Gasteiger partial charge in [-0.3, -0.25) is 9.59 Å². The molecule has 0 aliphatic carbocycles. The van der Waals surface area contributed by atoms with Crippen molar-refractivity contribution in [1.82, 2.24) is 14.8 Å². The van der Waals surface area contributed by atoms with E-state index in [1.807, 2.05) is 4.90 Å². The molecule has 2 fully saturated rings. The summed E-state index contributed by atoms with van der Waals surface area (Å²) in [4.78, 5) is 43.8. The minimum absolute atomic E-state index is 0.0224. The molecule has 1 aromatic heterocycles. The van der Waals surface area contributed by atoms with E-state index in [4.69, 9.17) is 5.11 Å². The summed E-state index contributed by atoms with van der Waals surface area (Å²) in [5.74, 6) is -0.543. The van der Waals surface area contributed by atoms with Gasteiger partial charge in [-0.15, -0.1) is 0 Å². The molecule has 1 aromatic rings. The molecule has 2 amide bonds. The van der Waals surface area contributed by atoms with Gasteiger partial charge in [-0.05, 0) is 43.7 Å². The number of carboxylic acid groups (broad SMARTS) is 1. The highest BCUT2D eigenvalue weighted by atomic mass is 16.4. The molecule has 0 saturated carbocycles. The number of amides is 2. The molecule has 2 aliphatic rings. The Balaban J connectivity index is 1.56. The Labute approximate surface area is 153 Å². The van der Waals surface area contributed by atoms with Crippen LogP contribution in [0.15, 0.2) is 18.2 Å². The Morgan fingerprint density at radius 1 is 0.962 bits per heavy atom. The number of likely N-dealkylation sites (tertiary alicyclic amines) is 2. The SMILES string of the molecule is CC1CCN(C(=O)C2CCN(C(=O)c3cccc(C(=O)O)n3)CC2)CC1. The second kappa shape index (κ2) is 7.85. The van der Waals surface area contributed by atoms with Gasteiger partial charge in [0, 0.05) is 32.1 Å². The molecular weight excluding hydrogens is 334 g/mol. The average Bonchev–Trinajstić information content (AvgIpc) is 2.67. The molecule has 0 atom stereocenters. The van der Waals surface area contributed by atoms with Crippen molar-refractivity contribution in [1.29, 1.82) is 0 Å². The molecule has 0 spiro atoms. The highest BCUT2D eigenvalue weighted by Gasteiger charge is 2.32. The van der Waals surface area contributed by atoms with Crippen molar-refractivity contribution in [2.75, 3.05) is 26.2 Å². The highest BCUT2D eigenvalue weighted by Crippen LogP contribution is 2.24. The lowest BCUT2D eigenvalue weighted by atomic mass is 9.92. The highest BCUT2D eigenvalue weighted by molar-refractivity contribution is 5.94. The molecule has 3 rings (SSSR count). The van der Waals surface area contributed by atoms with E-state index in [1.165, 1.54) is 18.2 Å². The number of hydrogen-bond donors (Lipinski definition) is 1. The largest absolute Gasteiger partial charge is 0.477 e. The van der Waals surface area contributed by atoms with Crippen LogP contribution in [0.4, 0.5) is 0 Å². The number of carboxylic acids is 1. The number of rotatable bonds is 3. The van der Waals surface area contributed by atoms with Crippen LogP contribution in [-0.2, 0) is 4.79 Å². The van der Waals surface area contributed by atoms with Crippen molar-refractivity contribution in [2.45, 2.75) is 32.6 Å². The zero-order valence-corrected chi connectivity index (χ0v) is 15.1. The number of nitrogens with zero attached hydrogens (tertiary/aromatic N) is 3. The number of pyridine rings is 1. The lowest BCUT2D eigenvalue weighted by Crippen LogP contribution is -2.46. The molecule has 7 nitrogen and oxygen atoms in total. The third-order valence-corrected chi connectivity index (χ3v) is 5.41. The van der Waals surface area contributed by atoms with Gasteiger partial charge in [0.05, 0.1) is 0 Å². The molecule has 140 valence electrons. The van der Waals surface area contributed by atoms with Crippen LogP contribution in [0.3, 0.4) is 0 Å². The van der Waals surface area contributed by atoms with Gasteiger partial charge >= 0.3 is 5.97 Å². The molecule has 0 unspecified atom stereocenters. The van der Waals surface area contributed by atoms with Crippen LogP contribution in [0.1, 0.15) is 53.6 Å². The molecular formula is C19H25N3O4. The maximum absolute atomic E-state index is 12.7. The van der Waals surface area contributed by atoms with Crippen molar-refractivity contribution in [3.05, 3.63) is 29.6 Å². The summed E-state index contributed by atoms with van der Waals surface area (Å²) < 4.78 is 0. The number of aromatic carboxylic acids is 1. The molecule has 0 radical (unpaired) electrons. The van der Waals surface area contributed by atoms with Crippen LogP contribution in [0.5, 0.6) is 0 Å². The Morgan fingerprint density at radius 2 is 1.54 bits per heavy atom. The summed E-state index contributed by atoms with van der Waals surface area (Å²) in [5.41, 5.74) is -0.0000600. The van der Waals surface area contributed by atoms with E-state index < -0.39 is 5.97 Å². The first-order valence-electron chi connectivity index (χ1n) is 9.24. The smallest absolute Gasteiger partial charge is 0.354 e. The molecule has 1 N–H and O–H groups in total. The topological polar surface area (TPSA) is 90.8 Å². The van der Waals surface area contributed by atoms with E-state index in [0.717, 1.165) is 25.9 Å². The van der Waals surface area contributed by atoms with Crippen molar-refractivity contribution < 1.29 is 19.5 Å². The first-order chi connectivity index (χ1) is 12.5. The Kier molecular flexibility index (Phi) is 5.54. The maximum Gasteiger partial charge on any atom is 0.354 e. The number of hydrogen-bond acceptors (Lipinski definition) is 4. The van der Waals surface area contributed by atoms with Gasteiger partial charge in [-0.25, -0.2) is 9.78 Å². The fourth-order valence-corrected chi connectivity index (χ4v) is 3.65. The number of piperidine rings is 2. The van der Waals surface area contributed by atoms with Crippen LogP contribution in [0, 0.1) is 11.8 Å². The third-order valence-electron chi connectivity index (χ3n) is 5.41. The zero-order chi connectivity index (χ0) is 18.7. The standard InChI is InChI=1S/C19H25N3O4/c1-13-5-9-21(10-6-13)17(23)14-7-11-22(12-8-14)18(24)15-3-2-4-16(20-15)19(25)26/h2-4,13-14H,5-12H2,1H3,(H,25,26). The molecule has 0 bridgehead atoms. The molecule has 7 heteroatoms. The van der Waals surface area contributed by atoms with Crippen LogP contribution in [0.25, 0.3) is 0 Å². The lowest BCUT2D eigenvalue weighted by Gasteiger charge is -2.36. The van der Waals surface area contributed by atoms with Gasteiger partial charge in [-0.1, -0.05) is 13.0 Å². The van der Waals surface area contributed by atoms with Gasteiger partial charge in [-0.2, -0.15) is 0 Å². The van der Waals surface area contributed by atoms with Gasteiger partial charge in [0.1, 0.15) is 11.4 Å². The predicted octanol–water partition coefficient (Wildman–Crippen LogP) is 1.89. The number of aromatic nitrogens is 1. The summed E-state index contributed by atoms with van der Waals surface area (Å²) in [7, 11) is 0. The summed E-state index contributed by atoms with van der Waals surface area (Å²) in [6, 6.07) is 4.42. The van der Waals surface area contributed by atoms with E-state index in [9.17, 15) is 14.4 Å². The fraction of sp³-hybridized carbons (Fsp3) is 0.579. The van der Waals surface area contributed by atoms with Gasteiger partial charge in [0.15, 0.2) is 0 Å². The second-order valence-electron chi connectivity index (χ2n) is 7.29. The second-order valence-corrected chi connectivity index (χ2v) is 7.29. The van der Waals surface area contributed by atoms with E-state index in [1.54, 1.807) is 4.90 Å². The number of carbonyl (C=O) groups is 3. The Bertz CT molecular complexity index is 690. The third kappa shape index (κ3) is 4.03. The van der Waals surface area contributed by atoms with Crippen molar-refractivity contribution in [3.8, 4) is 0 Å². The first-order valence-corrected chi connectivity index (χ1v) is 9.24. The van der Waals surface area contributed by atoms with Crippen molar-refractivity contribution in [2.24, 2.45) is 11.8 Å². The van der Waals surface area contributed by atoms with E-state index in [0.29, 0.717) is 31.8 Å². The van der Waals surface area contributed by atoms with Crippen LogP contribution in [0.2, 0.25) is 0 Å². The Morgan fingerprint density at radius 3 is 2.15 bits per heavy atom. The fourth-order valence-electron chi connectivity index (χ4n) is 3.65. The van der Waals surface area contributed by atoms with Gasteiger partial charge in [0.2, 0.25) is 5.91 Å². The van der Waals surface area contributed by atoms with Gasteiger partial charge in [0.25, 0.3) is 5.91 Å². The molecule has 26 heavy (non-hydrogen) atoms. The summed E-state index contributed by atoms with van der Waals surface area (Å²) >= 11 is 0. The predicted molar refractivity (Wildman–Crippen MR) is 94.8 cm³/mol. The normalized spacial score (nSPS) is 19.4. The van der Waals surface area contributed by atoms with Gasteiger partial charge < -0.3 is 14.9 Å². The zero-order valence-electron chi connectivity index (χ0n) is 15.1. The minimum Gasteiger partial charge on any atom is -0.477 e. The first kappa shape index (κ1) is 18.4. The van der Waals surface area contributed by atoms with E-state index >= 15 is 0 Å². The van der Waals surface area contributed by atoms with Crippen LogP contribution >= 0.6 is 0 Å². The summed E-state index contributed by atoms with van der Waals surface area (Å²) in [6.45, 7) is 4.90. The average molecular weight is 359 g/mol.